The van der Waals surface area contributed by atoms with E-state index in [0.29, 0.717) is 0 Å². The monoisotopic (exact) mass is 287 g/mol. The van der Waals surface area contributed by atoms with Crippen molar-refractivity contribution in [2.75, 3.05) is 7.05 Å². The van der Waals surface area contributed by atoms with E-state index in [0.717, 1.165) is 16.9 Å². The van der Waals surface area contributed by atoms with Gasteiger partial charge in [-0.25, -0.2) is 18.1 Å². The largest absolute Gasteiger partial charge is 0.306 e. The molecule has 6 heteroatoms. The Morgan fingerprint density at radius 1 is 1.10 bits per heavy atom. The normalized spacial score (nSPS) is 11.8. The molecule has 0 aliphatic rings. The SMILES string of the molecule is CNS(=O)(=O)c1ccc(-c2cn3ccccc3n2)cc1. The average Bonchev–Trinajstić information content (AvgIpc) is 2.91. The van der Waals surface area contributed by atoms with Gasteiger partial charge in [-0.15, -0.1) is 0 Å². The summed E-state index contributed by atoms with van der Waals surface area (Å²) in [4.78, 5) is 4.74. The Morgan fingerprint density at radius 2 is 1.85 bits per heavy atom. The minimum Gasteiger partial charge on any atom is -0.306 e. The van der Waals surface area contributed by atoms with Crippen molar-refractivity contribution in [1.82, 2.24) is 14.1 Å². The molecule has 0 radical (unpaired) electrons. The van der Waals surface area contributed by atoms with Gasteiger partial charge in [-0.3, -0.25) is 0 Å². The lowest BCUT2D eigenvalue weighted by molar-refractivity contribution is 0.588. The Kier molecular flexibility index (Phi) is 3.04. The van der Waals surface area contributed by atoms with Gasteiger partial charge in [0.15, 0.2) is 0 Å². The molecule has 0 aliphatic heterocycles. The van der Waals surface area contributed by atoms with Crippen LogP contribution in [-0.4, -0.2) is 24.9 Å². The van der Waals surface area contributed by atoms with Crippen LogP contribution >= 0.6 is 0 Å². The van der Waals surface area contributed by atoms with Crippen molar-refractivity contribution in [3.05, 3.63) is 54.9 Å². The summed E-state index contributed by atoms with van der Waals surface area (Å²) in [5.74, 6) is 0. The summed E-state index contributed by atoms with van der Waals surface area (Å²) < 4.78 is 27.5. The molecule has 102 valence electrons. The second kappa shape index (κ2) is 4.73. The number of sulfonamides is 1. The molecule has 0 fully saturated rings. The van der Waals surface area contributed by atoms with Gasteiger partial charge in [0.2, 0.25) is 10.0 Å². The Bertz CT molecular complexity index is 819. The first kappa shape index (κ1) is 12.8. The number of nitrogens with zero attached hydrogens (tertiary/aromatic N) is 2. The molecule has 1 N–H and O–H groups in total. The second-order valence-corrected chi connectivity index (χ2v) is 6.21. The number of hydrogen-bond donors (Lipinski definition) is 1. The Labute approximate surface area is 117 Å². The molecule has 0 spiro atoms. The third kappa shape index (κ3) is 2.19. The van der Waals surface area contributed by atoms with E-state index < -0.39 is 10.0 Å². The molecule has 2 heterocycles. The minimum atomic E-state index is -3.40. The summed E-state index contributed by atoms with van der Waals surface area (Å²) in [6.07, 6.45) is 3.84. The number of imidazole rings is 1. The highest BCUT2D eigenvalue weighted by Gasteiger charge is 2.11. The second-order valence-electron chi connectivity index (χ2n) is 4.32. The smallest absolute Gasteiger partial charge is 0.240 e. The van der Waals surface area contributed by atoms with Crippen LogP contribution in [0.1, 0.15) is 0 Å². The van der Waals surface area contributed by atoms with Crippen molar-refractivity contribution in [2.45, 2.75) is 4.90 Å². The quantitative estimate of drug-likeness (QED) is 0.800. The molecule has 0 unspecified atom stereocenters. The highest BCUT2D eigenvalue weighted by atomic mass is 32.2. The summed E-state index contributed by atoms with van der Waals surface area (Å²) in [6, 6.07) is 12.4. The lowest BCUT2D eigenvalue weighted by Gasteiger charge is -2.02. The van der Waals surface area contributed by atoms with Gasteiger partial charge in [0.05, 0.1) is 10.6 Å². The van der Waals surface area contributed by atoms with E-state index >= 15 is 0 Å². The number of rotatable bonds is 3. The van der Waals surface area contributed by atoms with Gasteiger partial charge < -0.3 is 4.40 Å². The molecule has 2 aromatic heterocycles. The van der Waals surface area contributed by atoms with Gasteiger partial charge in [0, 0.05) is 18.0 Å². The summed E-state index contributed by atoms with van der Waals surface area (Å²) in [6.45, 7) is 0. The first-order valence-corrected chi connectivity index (χ1v) is 7.56. The Morgan fingerprint density at radius 3 is 2.50 bits per heavy atom. The molecule has 0 bridgehead atoms. The molecule has 5 nitrogen and oxygen atoms in total. The van der Waals surface area contributed by atoms with Crippen molar-refractivity contribution in [3.8, 4) is 11.3 Å². The van der Waals surface area contributed by atoms with Crippen LogP contribution in [0.25, 0.3) is 16.9 Å². The van der Waals surface area contributed by atoms with Gasteiger partial charge in [-0.05, 0) is 31.3 Å². The predicted molar refractivity (Wildman–Crippen MR) is 76.9 cm³/mol. The van der Waals surface area contributed by atoms with E-state index in [4.69, 9.17) is 0 Å². The minimum absolute atomic E-state index is 0.243. The van der Waals surface area contributed by atoms with Crippen molar-refractivity contribution in [1.29, 1.82) is 0 Å². The van der Waals surface area contributed by atoms with E-state index in [1.165, 1.54) is 7.05 Å². The molecule has 0 atom stereocenters. The van der Waals surface area contributed by atoms with Crippen LogP contribution in [0.3, 0.4) is 0 Å². The molecule has 0 saturated heterocycles. The zero-order valence-electron chi connectivity index (χ0n) is 10.8. The average molecular weight is 287 g/mol. The number of nitrogens with one attached hydrogen (secondary N) is 1. The van der Waals surface area contributed by atoms with E-state index in [2.05, 4.69) is 9.71 Å². The first-order valence-electron chi connectivity index (χ1n) is 6.08. The molecule has 3 rings (SSSR count). The van der Waals surface area contributed by atoms with Crippen LogP contribution in [-0.2, 0) is 10.0 Å². The molecular formula is C14H13N3O2S. The molecule has 20 heavy (non-hydrogen) atoms. The van der Waals surface area contributed by atoms with Crippen LogP contribution < -0.4 is 4.72 Å². The third-order valence-corrected chi connectivity index (χ3v) is 4.52. The first-order chi connectivity index (χ1) is 9.60. The van der Waals surface area contributed by atoms with Gasteiger partial charge in [0.25, 0.3) is 0 Å². The molecule has 0 saturated carbocycles. The topological polar surface area (TPSA) is 63.5 Å². The van der Waals surface area contributed by atoms with E-state index in [1.54, 1.807) is 24.3 Å². The summed E-state index contributed by atoms with van der Waals surface area (Å²) in [5.41, 5.74) is 2.54. The van der Waals surface area contributed by atoms with Crippen LogP contribution in [0.4, 0.5) is 0 Å². The fourth-order valence-corrected chi connectivity index (χ4v) is 2.73. The predicted octanol–water partition coefficient (Wildman–Crippen LogP) is 1.91. The molecule has 0 aliphatic carbocycles. The molecule has 1 aromatic carbocycles. The van der Waals surface area contributed by atoms with Gasteiger partial charge in [-0.2, -0.15) is 0 Å². The Hall–Kier alpha value is -2.18. The van der Waals surface area contributed by atoms with Crippen molar-refractivity contribution in [3.63, 3.8) is 0 Å². The summed E-state index contributed by atoms with van der Waals surface area (Å²) in [7, 11) is -2.00. The Balaban J connectivity index is 2.03. The maximum Gasteiger partial charge on any atom is 0.240 e. The number of benzene rings is 1. The van der Waals surface area contributed by atoms with E-state index in [1.807, 2.05) is 35.0 Å². The molecule has 3 aromatic rings. The van der Waals surface area contributed by atoms with Crippen molar-refractivity contribution >= 4 is 15.7 Å². The van der Waals surface area contributed by atoms with Gasteiger partial charge >= 0.3 is 0 Å². The zero-order chi connectivity index (χ0) is 14.2. The molecular weight excluding hydrogens is 274 g/mol. The zero-order valence-corrected chi connectivity index (χ0v) is 11.6. The fourth-order valence-electron chi connectivity index (χ4n) is 2.00. The summed E-state index contributed by atoms with van der Waals surface area (Å²) >= 11 is 0. The highest BCUT2D eigenvalue weighted by Crippen LogP contribution is 2.21. The maximum atomic E-state index is 11.7. The standard InChI is InChI=1S/C14H13N3O2S/c1-15-20(18,19)12-7-5-11(6-8-12)13-10-17-9-3-2-4-14(17)16-13/h2-10,15H,1H3. The number of aromatic nitrogens is 2. The van der Waals surface area contributed by atoms with Crippen LogP contribution in [0.2, 0.25) is 0 Å². The van der Waals surface area contributed by atoms with Gasteiger partial charge in [-0.1, -0.05) is 18.2 Å². The number of fused-ring (bicyclic) bond motifs is 1. The van der Waals surface area contributed by atoms with E-state index in [-0.39, 0.29) is 4.90 Å². The van der Waals surface area contributed by atoms with Crippen LogP contribution in [0.5, 0.6) is 0 Å². The number of hydrogen-bond acceptors (Lipinski definition) is 3. The lowest BCUT2D eigenvalue weighted by Crippen LogP contribution is -2.18. The lowest BCUT2D eigenvalue weighted by atomic mass is 10.2. The highest BCUT2D eigenvalue weighted by molar-refractivity contribution is 7.89. The number of pyridine rings is 1. The van der Waals surface area contributed by atoms with Crippen LogP contribution in [0, 0.1) is 0 Å². The van der Waals surface area contributed by atoms with E-state index in [9.17, 15) is 8.42 Å². The maximum absolute atomic E-state index is 11.7. The van der Waals surface area contributed by atoms with Crippen LogP contribution in [0.15, 0.2) is 59.8 Å². The summed E-state index contributed by atoms with van der Waals surface area (Å²) in [5, 5.41) is 0. The van der Waals surface area contributed by atoms with Crippen molar-refractivity contribution in [2.24, 2.45) is 0 Å². The van der Waals surface area contributed by atoms with Gasteiger partial charge in [0.1, 0.15) is 5.65 Å². The third-order valence-electron chi connectivity index (χ3n) is 3.09. The van der Waals surface area contributed by atoms with Crippen molar-refractivity contribution < 1.29 is 8.42 Å². The fraction of sp³-hybridized carbons (Fsp3) is 0.0714. The molecule has 0 amide bonds.